The fourth-order valence-electron chi connectivity index (χ4n) is 1.66. The standard InChI is InChI=1S/C15H22N2O2S/c1-3-4-5-6-11-19-13-9-7-12(8-10-13)14(18)17-15(20)16-2/h7-10H,3-6,11H2,1-2H3,(H2,16,17,18,20). The minimum atomic E-state index is -0.223. The zero-order valence-electron chi connectivity index (χ0n) is 12.1. The molecule has 1 rings (SSSR count). The number of carbonyl (C=O) groups excluding carboxylic acids is 1. The average molecular weight is 294 g/mol. The number of hydrogen-bond donors (Lipinski definition) is 2. The van der Waals surface area contributed by atoms with Gasteiger partial charge in [-0.3, -0.25) is 10.1 Å². The number of carbonyl (C=O) groups is 1. The molecule has 0 aliphatic carbocycles. The van der Waals surface area contributed by atoms with Crippen LogP contribution in [0.3, 0.4) is 0 Å². The lowest BCUT2D eigenvalue weighted by molar-refractivity contribution is 0.0977. The number of amides is 1. The molecular formula is C15H22N2O2S. The topological polar surface area (TPSA) is 50.4 Å². The van der Waals surface area contributed by atoms with E-state index in [1.54, 1.807) is 31.3 Å². The van der Waals surface area contributed by atoms with Crippen molar-refractivity contribution < 1.29 is 9.53 Å². The normalized spacial score (nSPS) is 9.90. The quantitative estimate of drug-likeness (QED) is 0.600. The van der Waals surface area contributed by atoms with Crippen molar-refractivity contribution in [2.75, 3.05) is 13.7 Å². The molecule has 0 unspecified atom stereocenters. The molecule has 110 valence electrons. The first-order valence-electron chi connectivity index (χ1n) is 6.93. The van der Waals surface area contributed by atoms with Crippen molar-refractivity contribution in [3.63, 3.8) is 0 Å². The van der Waals surface area contributed by atoms with E-state index in [2.05, 4.69) is 17.6 Å². The Morgan fingerprint density at radius 2 is 1.90 bits per heavy atom. The van der Waals surface area contributed by atoms with Crippen LogP contribution in [0.4, 0.5) is 0 Å². The van der Waals surface area contributed by atoms with E-state index in [1.807, 2.05) is 0 Å². The third-order valence-corrected chi connectivity index (χ3v) is 3.14. The van der Waals surface area contributed by atoms with Gasteiger partial charge in [0.1, 0.15) is 5.75 Å². The lowest BCUT2D eigenvalue weighted by Gasteiger charge is -2.08. The third kappa shape index (κ3) is 6.02. The van der Waals surface area contributed by atoms with E-state index in [0.29, 0.717) is 10.7 Å². The molecule has 1 aromatic carbocycles. The van der Waals surface area contributed by atoms with Crippen molar-refractivity contribution in [3.05, 3.63) is 29.8 Å². The minimum absolute atomic E-state index is 0.223. The second kappa shape index (κ2) is 9.31. The molecule has 0 atom stereocenters. The predicted molar refractivity (Wildman–Crippen MR) is 85.2 cm³/mol. The fourth-order valence-corrected chi connectivity index (χ4v) is 1.75. The summed E-state index contributed by atoms with van der Waals surface area (Å²) in [4.78, 5) is 11.8. The summed E-state index contributed by atoms with van der Waals surface area (Å²) >= 11 is 4.88. The molecule has 1 amide bonds. The molecular weight excluding hydrogens is 272 g/mol. The van der Waals surface area contributed by atoms with Crippen molar-refractivity contribution in [1.82, 2.24) is 10.6 Å². The molecule has 4 nitrogen and oxygen atoms in total. The maximum Gasteiger partial charge on any atom is 0.257 e. The first-order valence-corrected chi connectivity index (χ1v) is 7.34. The van der Waals surface area contributed by atoms with Crippen LogP contribution < -0.4 is 15.4 Å². The van der Waals surface area contributed by atoms with Gasteiger partial charge in [-0.15, -0.1) is 0 Å². The van der Waals surface area contributed by atoms with E-state index in [9.17, 15) is 4.79 Å². The Kier molecular flexibility index (Phi) is 7.65. The van der Waals surface area contributed by atoms with Crippen molar-refractivity contribution in [1.29, 1.82) is 0 Å². The second-order valence-corrected chi connectivity index (χ2v) is 4.87. The number of rotatable bonds is 7. The summed E-state index contributed by atoms with van der Waals surface area (Å²) in [6.07, 6.45) is 4.72. The van der Waals surface area contributed by atoms with E-state index in [0.717, 1.165) is 18.8 Å². The van der Waals surface area contributed by atoms with Crippen LogP contribution in [0.2, 0.25) is 0 Å². The summed E-state index contributed by atoms with van der Waals surface area (Å²) in [6, 6.07) is 7.07. The minimum Gasteiger partial charge on any atom is -0.494 e. The van der Waals surface area contributed by atoms with Crippen LogP contribution in [0.5, 0.6) is 5.75 Å². The Labute approximate surface area is 125 Å². The molecule has 0 heterocycles. The molecule has 1 aromatic rings. The highest BCUT2D eigenvalue weighted by molar-refractivity contribution is 7.80. The van der Waals surface area contributed by atoms with Gasteiger partial charge in [0.05, 0.1) is 6.61 Å². The fraction of sp³-hybridized carbons (Fsp3) is 0.467. The highest BCUT2D eigenvalue weighted by atomic mass is 32.1. The number of ether oxygens (including phenoxy) is 1. The molecule has 0 saturated heterocycles. The van der Waals surface area contributed by atoms with E-state index in [-0.39, 0.29) is 5.91 Å². The molecule has 2 N–H and O–H groups in total. The van der Waals surface area contributed by atoms with Gasteiger partial charge in [0.25, 0.3) is 5.91 Å². The SMILES string of the molecule is CCCCCCOc1ccc(C(=O)NC(=S)NC)cc1. The van der Waals surface area contributed by atoms with Crippen molar-refractivity contribution >= 4 is 23.2 Å². The van der Waals surface area contributed by atoms with Crippen molar-refractivity contribution in [2.24, 2.45) is 0 Å². The maximum absolute atomic E-state index is 11.8. The lowest BCUT2D eigenvalue weighted by atomic mass is 10.2. The third-order valence-electron chi connectivity index (χ3n) is 2.84. The van der Waals surface area contributed by atoms with Crippen LogP contribution in [0, 0.1) is 0 Å². The number of thiocarbonyl (C=S) groups is 1. The summed E-state index contributed by atoms with van der Waals surface area (Å²) in [5.41, 5.74) is 0.556. The molecule has 0 radical (unpaired) electrons. The zero-order chi connectivity index (χ0) is 14.8. The van der Waals surface area contributed by atoms with Gasteiger partial charge in [-0.25, -0.2) is 0 Å². The lowest BCUT2D eigenvalue weighted by Crippen LogP contribution is -2.37. The second-order valence-electron chi connectivity index (χ2n) is 4.47. The van der Waals surface area contributed by atoms with Gasteiger partial charge >= 0.3 is 0 Å². The van der Waals surface area contributed by atoms with Crippen molar-refractivity contribution in [2.45, 2.75) is 32.6 Å². The van der Waals surface area contributed by atoms with Crippen LogP contribution in [0.15, 0.2) is 24.3 Å². The molecule has 5 heteroatoms. The molecule has 0 saturated carbocycles. The Bertz CT molecular complexity index is 432. The number of unbranched alkanes of at least 4 members (excludes halogenated alkanes) is 3. The summed E-state index contributed by atoms with van der Waals surface area (Å²) in [5.74, 6) is 0.563. The van der Waals surface area contributed by atoms with Crippen LogP contribution in [0.1, 0.15) is 43.0 Å². The molecule has 0 spiro atoms. The summed E-state index contributed by atoms with van der Waals surface area (Å²) in [5, 5.41) is 5.58. The van der Waals surface area contributed by atoms with Crippen LogP contribution >= 0.6 is 12.2 Å². The highest BCUT2D eigenvalue weighted by Gasteiger charge is 2.06. The Morgan fingerprint density at radius 3 is 2.50 bits per heavy atom. The molecule has 20 heavy (non-hydrogen) atoms. The van der Waals surface area contributed by atoms with Gasteiger partial charge in [0.15, 0.2) is 5.11 Å². The monoisotopic (exact) mass is 294 g/mol. The number of benzene rings is 1. The number of nitrogens with one attached hydrogen (secondary N) is 2. The Hall–Kier alpha value is -1.62. The van der Waals surface area contributed by atoms with Crippen LogP contribution in [-0.2, 0) is 0 Å². The Morgan fingerprint density at radius 1 is 1.20 bits per heavy atom. The van der Waals surface area contributed by atoms with Crippen LogP contribution in [0.25, 0.3) is 0 Å². The van der Waals surface area contributed by atoms with Gasteiger partial charge in [-0.2, -0.15) is 0 Å². The van der Waals surface area contributed by atoms with Gasteiger partial charge in [0.2, 0.25) is 0 Å². The van der Waals surface area contributed by atoms with E-state index < -0.39 is 0 Å². The van der Waals surface area contributed by atoms with Gasteiger partial charge in [-0.1, -0.05) is 26.2 Å². The molecule has 0 aliphatic heterocycles. The van der Waals surface area contributed by atoms with E-state index in [1.165, 1.54) is 19.3 Å². The molecule has 0 fully saturated rings. The van der Waals surface area contributed by atoms with E-state index >= 15 is 0 Å². The largest absolute Gasteiger partial charge is 0.494 e. The summed E-state index contributed by atoms with van der Waals surface area (Å²) in [6.45, 7) is 2.90. The average Bonchev–Trinajstić information content (AvgIpc) is 2.47. The smallest absolute Gasteiger partial charge is 0.257 e. The van der Waals surface area contributed by atoms with Crippen LogP contribution in [-0.4, -0.2) is 24.7 Å². The van der Waals surface area contributed by atoms with Gasteiger partial charge in [-0.05, 0) is 42.9 Å². The highest BCUT2D eigenvalue weighted by Crippen LogP contribution is 2.13. The zero-order valence-corrected chi connectivity index (χ0v) is 12.9. The summed E-state index contributed by atoms with van der Waals surface area (Å²) < 4.78 is 5.62. The van der Waals surface area contributed by atoms with Crippen molar-refractivity contribution in [3.8, 4) is 5.75 Å². The molecule has 0 aliphatic rings. The van der Waals surface area contributed by atoms with Gasteiger partial charge in [0, 0.05) is 12.6 Å². The maximum atomic E-state index is 11.8. The predicted octanol–water partition coefficient (Wildman–Crippen LogP) is 2.88. The molecule has 0 aromatic heterocycles. The molecule has 0 bridgehead atoms. The van der Waals surface area contributed by atoms with E-state index in [4.69, 9.17) is 17.0 Å². The number of hydrogen-bond acceptors (Lipinski definition) is 3. The summed E-state index contributed by atoms with van der Waals surface area (Å²) in [7, 11) is 1.66. The Balaban J connectivity index is 2.39. The first kappa shape index (κ1) is 16.4. The van der Waals surface area contributed by atoms with Gasteiger partial charge < -0.3 is 10.1 Å². The first-order chi connectivity index (χ1) is 9.67.